The van der Waals surface area contributed by atoms with E-state index in [-0.39, 0.29) is 30.0 Å². The number of nitrogens with one attached hydrogen (secondary N) is 1. The molecule has 0 fully saturated rings. The van der Waals surface area contributed by atoms with E-state index in [4.69, 9.17) is 15.3 Å². The van der Waals surface area contributed by atoms with Crippen LogP contribution in [0.5, 0.6) is 0 Å². The second-order valence-electron chi connectivity index (χ2n) is 5.88. The van der Waals surface area contributed by atoms with Gasteiger partial charge < -0.3 is 4.74 Å². The molecule has 1 amide bonds. The summed E-state index contributed by atoms with van der Waals surface area (Å²) in [5.74, 6) is -1.38. The van der Waals surface area contributed by atoms with Crippen molar-refractivity contribution in [2.24, 2.45) is 0 Å². The van der Waals surface area contributed by atoms with Gasteiger partial charge >= 0.3 is 5.97 Å². The van der Waals surface area contributed by atoms with Crippen molar-refractivity contribution >= 4 is 27.6 Å². The van der Waals surface area contributed by atoms with E-state index in [1.165, 1.54) is 29.2 Å². The number of nitrogens with zero attached hydrogens (tertiary/aromatic N) is 3. The van der Waals surface area contributed by atoms with E-state index in [9.17, 15) is 18.0 Å². The third kappa shape index (κ3) is 6.14. The Kier molecular flexibility index (Phi) is 8.06. The molecule has 1 N–H and O–H groups in total. The molecular formula is C20H18N4O5S. The van der Waals surface area contributed by atoms with Crippen LogP contribution in [-0.4, -0.2) is 40.0 Å². The van der Waals surface area contributed by atoms with Crippen molar-refractivity contribution in [3.05, 3.63) is 60.2 Å². The van der Waals surface area contributed by atoms with Crippen molar-refractivity contribution in [3.8, 4) is 12.1 Å². The smallest absolute Gasteiger partial charge is 0.338 e. The van der Waals surface area contributed by atoms with Crippen LogP contribution in [0.25, 0.3) is 0 Å². The average molecular weight is 426 g/mol. The number of hydrogen-bond donors (Lipinski definition) is 1. The molecular weight excluding hydrogens is 408 g/mol. The number of sulfonamides is 1. The summed E-state index contributed by atoms with van der Waals surface area (Å²) in [7, 11) is -3.79. The van der Waals surface area contributed by atoms with Crippen molar-refractivity contribution in [1.82, 2.24) is 4.72 Å². The van der Waals surface area contributed by atoms with Crippen molar-refractivity contribution in [3.63, 3.8) is 0 Å². The Bertz CT molecular complexity index is 1070. The summed E-state index contributed by atoms with van der Waals surface area (Å²) in [6.07, 6.45) is 0.0312. The quantitative estimate of drug-likeness (QED) is 0.365. The van der Waals surface area contributed by atoms with Crippen LogP contribution < -0.4 is 9.62 Å². The van der Waals surface area contributed by atoms with Gasteiger partial charge in [-0.1, -0.05) is 18.2 Å². The molecule has 0 saturated heterocycles. The lowest BCUT2D eigenvalue weighted by Crippen LogP contribution is -2.35. The predicted octanol–water partition coefficient (Wildman–Crippen LogP) is 1.59. The van der Waals surface area contributed by atoms with E-state index >= 15 is 0 Å². The normalized spacial score (nSPS) is 10.5. The number of ether oxygens (including phenoxy) is 1. The number of esters is 1. The maximum Gasteiger partial charge on any atom is 0.338 e. The summed E-state index contributed by atoms with van der Waals surface area (Å²) in [6.45, 7) is -0.803. The van der Waals surface area contributed by atoms with Gasteiger partial charge in [-0.2, -0.15) is 10.5 Å². The molecule has 9 nitrogen and oxygen atoms in total. The summed E-state index contributed by atoms with van der Waals surface area (Å²) >= 11 is 0. The van der Waals surface area contributed by atoms with E-state index in [0.717, 1.165) is 0 Å². The number of carbonyl (C=O) groups excluding carboxylic acids is 2. The standard InChI is InChI=1S/C20H18N4O5S/c21-11-4-13-23-30(27,28)18-9-7-16(8-10-18)20(26)29-15-19(25)24(14-12-22)17-5-2-1-3-6-17/h1-3,5-10,23H,4,13-15H2. The van der Waals surface area contributed by atoms with Gasteiger partial charge in [0.1, 0.15) is 6.54 Å². The highest BCUT2D eigenvalue weighted by atomic mass is 32.2. The fourth-order valence-corrected chi connectivity index (χ4v) is 3.42. The van der Waals surface area contributed by atoms with Crippen molar-refractivity contribution < 1.29 is 22.7 Å². The Morgan fingerprint density at radius 1 is 1.00 bits per heavy atom. The zero-order valence-corrected chi connectivity index (χ0v) is 16.6. The molecule has 0 aliphatic carbocycles. The van der Waals surface area contributed by atoms with Crippen molar-refractivity contribution in [2.45, 2.75) is 11.3 Å². The van der Waals surface area contributed by atoms with E-state index in [2.05, 4.69) is 4.72 Å². The molecule has 30 heavy (non-hydrogen) atoms. The Hall–Kier alpha value is -3.73. The number of anilines is 1. The number of para-hydroxylation sites is 1. The number of benzene rings is 2. The highest BCUT2D eigenvalue weighted by molar-refractivity contribution is 7.89. The SMILES string of the molecule is N#CCCNS(=O)(=O)c1ccc(C(=O)OCC(=O)N(CC#N)c2ccccc2)cc1. The Morgan fingerprint density at radius 2 is 1.67 bits per heavy atom. The van der Waals surface area contributed by atoms with Crippen LogP contribution in [-0.2, 0) is 19.6 Å². The van der Waals surface area contributed by atoms with Crippen molar-refractivity contribution in [1.29, 1.82) is 10.5 Å². The molecule has 0 aliphatic heterocycles. The first-order valence-corrected chi connectivity index (χ1v) is 10.2. The molecule has 0 heterocycles. The molecule has 0 atom stereocenters. The first-order chi connectivity index (χ1) is 14.4. The Labute approximate surface area is 174 Å². The fourth-order valence-electron chi connectivity index (χ4n) is 2.39. The summed E-state index contributed by atoms with van der Waals surface area (Å²) in [5.41, 5.74) is 0.559. The molecule has 0 aromatic heterocycles. The van der Waals surface area contributed by atoms with Gasteiger partial charge in [0.15, 0.2) is 6.61 Å². The molecule has 2 rings (SSSR count). The van der Waals surface area contributed by atoms with Gasteiger partial charge in [0.25, 0.3) is 5.91 Å². The zero-order chi connectivity index (χ0) is 22.0. The largest absolute Gasteiger partial charge is 0.452 e. The molecule has 2 aromatic rings. The fraction of sp³-hybridized carbons (Fsp3) is 0.200. The topological polar surface area (TPSA) is 140 Å². The lowest BCUT2D eigenvalue weighted by atomic mass is 10.2. The van der Waals surface area contributed by atoms with Crippen LogP contribution in [0.15, 0.2) is 59.5 Å². The predicted molar refractivity (Wildman–Crippen MR) is 107 cm³/mol. The van der Waals surface area contributed by atoms with Crippen LogP contribution in [0.1, 0.15) is 16.8 Å². The van der Waals surface area contributed by atoms with Gasteiger partial charge in [0.2, 0.25) is 10.0 Å². The molecule has 2 aromatic carbocycles. The third-order valence-electron chi connectivity index (χ3n) is 3.85. The van der Waals surface area contributed by atoms with E-state index in [1.807, 2.05) is 12.1 Å². The summed E-state index contributed by atoms with van der Waals surface area (Å²) in [4.78, 5) is 25.7. The van der Waals surface area contributed by atoms with E-state index in [1.54, 1.807) is 30.3 Å². The first kappa shape index (κ1) is 22.6. The van der Waals surface area contributed by atoms with Crippen LogP contribution in [0, 0.1) is 22.7 Å². The van der Waals surface area contributed by atoms with E-state index in [0.29, 0.717) is 5.69 Å². The van der Waals surface area contributed by atoms with Gasteiger partial charge in [-0.05, 0) is 36.4 Å². The maximum atomic E-state index is 12.4. The van der Waals surface area contributed by atoms with Gasteiger partial charge in [-0.15, -0.1) is 0 Å². The zero-order valence-electron chi connectivity index (χ0n) is 15.8. The molecule has 10 heteroatoms. The molecule has 0 unspecified atom stereocenters. The number of hydrogen-bond acceptors (Lipinski definition) is 7. The monoisotopic (exact) mass is 426 g/mol. The minimum Gasteiger partial charge on any atom is -0.452 e. The van der Waals surface area contributed by atoms with Gasteiger partial charge in [0.05, 0.1) is 22.6 Å². The Balaban J connectivity index is 2.00. The van der Waals surface area contributed by atoms with Crippen LogP contribution in [0.2, 0.25) is 0 Å². The molecule has 0 spiro atoms. The highest BCUT2D eigenvalue weighted by Gasteiger charge is 2.19. The van der Waals surface area contributed by atoms with Crippen LogP contribution in [0.3, 0.4) is 0 Å². The average Bonchev–Trinajstić information content (AvgIpc) is 2.76. The molecule has 154 valence electrons. The lowest BCUT2D eigenvalue weighted by molar-refractivity contribution is -0.121. The first-order valence-electron chi connectivity index (χ1n) is 8.75. The summed E-state index contributed by atoms with van der Waals surface area (Å²) in [6, 6.07) is 17.2. The number of carbonyl (C=O) groups is 2. The minimum atomic E-state index is -3.79. The van der Waals surface area contributed by atoms with Crippen LogP contribution in [0.4, 0.5) is 5.69 Å². The number of rotatable bonds is 9. The lowest BCUT2D eigenvalue weighted by Gasteiger charge is -2.19. The molecule has 0 saturated carbocycles. The molecule has 0 bridgehead atoms. The minimum absolute atomic E-state index is 0.0225. The summed E-state index contributed by atoms with van der Waals surface area (Å²) < 4.78 is 31.4. The van der Waals surface area contributed by atoms with Crippen LogP contribution >= 0.6 is 0 Å². The van der Waals surface area contributed by atoms with Crippen molar-refractivity contribution in [2.75, 3.05) is 24.6 Å². The number of nitriles is 2. The molecule has 0 radical (unpaired) electrons. The second kappa shape index (κ2) is 10.7. The van der Waals surface area contributed by atoms with E-state index < -0.39 is 28.5 Å². The summed E-state index contributed by atoms with van der Waals surface area (Å²) in [5, 5.41) is 17.4. The van der Waals surface area contributed by atoms with Gasteiger partial charge in [0, 0.05) is 18.7 Å². The Morgan fingerprint density at radius 3 is 2.27 bits per heavy atom. The maximum absolute atomic E-state index is 12.4. The van der Waals surface area contributed by atoms with Gasteiger partial charge in [-0.3, -0.25) is 9.69 Å². The second-order valence-corrected chi connectivity index (χ2v) is 7.65. The number of amides is 1. The molecule has 0 aliphatic rings. The highest BCUT2D eigenvalue weighted by Crippen LogP contribution is 2.14. The third-order valence-corrected chi connectivity index (χ3v) is 5.33. The van der Waals surface area contributed by atoms with Gasteiger partial charge in [-0.25, -0.2) is 17.9 Å².